The minimum absolute atomic E-state index is 0.0671. The first-order valence-corrected chi connectivity index (χ1v) is 8.22. The van der Waals surface area contributed by atoms with Crippen LogP contribution in [0.15, 0.2) is 24.5 Å². The summed E-state index contributed by atoms with van der Waals surface area (Å²) < 4.78 is 16.3. The van der Waals surface area contributed by atoms with Crippen molar-refractivity contribution in [1.82, 2.24) is 9.97 Å². The molecule has 7 nitrogen and oxygen atoms in total. The lowest BCUT2D eigenvalue weighted by Gasteiger charge is -2.26. The summed E-state index contributed by atoms with van der Waals surface area (Å²) in [5.74, 6) is 2.42. The molecular weight excluding hydrogens is 322 g/mol. The van der Waals surface area contributed by atoms with Crippen molar-refractivity contribution in [2.75, 3.05) is 39.4 Å². The van der Waals surface area contributed by atoms with Crippen LogP contribution in [0.5, 0.6) is 17.2 Å². The Morgan fingerprint density at radius 3 is 2.36 bits per heavy atom. The average molecular weight is 345 g/mol. The van der Waals surface area contributed by atoms with Crippen LogP contribution in [0.4, 0.5) is 5.82 Å². The van der Waals surface area contributed by atoms with E-state index in [0.717, 1.165) is 36.5 Å². The lowest BCUT2D eigenvalue weighted by molar-refractivity contribution is 0.266. The minimum Gasteiger partial charge on any atom is -0.493 e. The highest BCUT2D eigenvalue weighted by molar-refractivity contribution is 5.76. The largest absolute Gasteiger partial charge is 0.493 e. The standard InChI is InChI=1S/C18H23N3O4/c1-23-14-9-12(10-15(24-2)17(14)25-3)16-18(20-7-6-19-16)21-8-4-5-13(21)11-22/h6-7,9-10,13,22H,4-5,8,11H2,1-3H3. The predicted molar refractivity (Wildman–Crippen MR) is 94.6 cm³/mol. The van der Waals surface area contributed by atoms with Crippen LogP contribution in [-0.4, -0.2) is 55.6 Å². The van der Waals surface area contributed by atoms with Gasteiger partial charge in [0.2, 0.25) is 5.75 Å². The van der Waals surface area contributed by atoms with Gasteiger partial charge in [-0.2, -0.15) is 0 Å². The van der Waals surface area contributed by atoms with Gasteiger partial charge in [-0.05, 0) is 25.0 Å². The summed E-state index contributed by atoms with van der Waals surface area (Å²) in [6.45, 7) is 0.951. The van der Waals surface area contributed by atoms with Gasteiger partial charge in [0.1, 0.15) is 5.69 Å². The molecule has 0 radical (unpaired) electrons. The molecule has 1 aliphatic heterocycles. The van der Waals surface area contributed by atoms with E-state index in [2.05, 4.69) is 14.9 Å². The van der Waals surface area contributed by atoms with Gasteiger partial charge in [0.15, 0.2) is 17.3 Å². The summed E-state index contributed by atoms with van der Waals surface area (Å²) in [6, 6.07) is 3.79. The molecule has 2 heterocycles. The molecule has 0 spiro atoms. The van der Waals surface area contributed by atoms with Crippen LogP contribution in [0.1, 0.15) is 12.8 Å². The van der Waals surface area contributed by atoms with E-state index in [1.807, 2.05) is 12.1 Å². The van der Waals surface area contributed by atoms with Crippen molar-refractivity contribution in [2.24, 2.45) is 0 Å². The first-order valence-electron chi connectivity index (χ1n) is 8.22. The Balaban J connectivity index is 2.11. The van der Waals surface area contributed by atoms with Crippen molar-refractivity contribution in [3.63, 3.8) is 0 Å². The average Bonchev–Trinajstić information content (AvgIpc) is 3.15. The van der Waals surface area contributed by atoms with E-state index in [-0.39, 0.29) is 12.6 Å². The minimum atomic E-state index is 0.0671. The zero-order valence-corrected chi connectivity index (χ0v) is 14.7. The van der Waals surface area contributed by atoms with E-state index in [0.29, 0.717) is 17.2 Å². The van der Waals surface area contributed by atoms with E-state index < -0.39 is 0 Å². The van der Waals surface area contributed by atoms with Gasteiger partial charge in [-0.15, -0.1) is 0 Å². The third-order valence-electron chi connectivity index (χ3n) is 4.48. The number of ether oxygens (including phenoxy) is 3. The number of methoxy groups -OCH3 is 3. The van der Waals surface area contributed by atoms with Crippen LogP contribution in [0.25, 0.3) is 11.3 Å². The molecule has 0 saturated carbocycles. The Morgan fingerprint density at radius 2 is 1.76 bits per heavy atom. The summed E-state index contributed by atoms with van der Waals surface area (Å²) in [7, 11) is 4.74. The molecule has 25 heavy (non-hydrogen) atoms. The SMILES string of the molecule is COc1cc(-c2nccnc2N2CCCC2CO)cc(OC)c1OC. The van der Waals surface area contributed by atoms with Gasteiger partial charge in [-0.1, -0.05) is 0 Å². The van der Waals surface area contributed by atoms with Crippen LogP contribution < -0.4 is 19.1 Å². The fraction of sp³-hybridized carbons (Fsp3) is 0.444. The number of aromatic nitrogens is 2. The van der Waals surface area contributed by atoms with Gasteiger partial charge in [0, 0.05) is 24.5 Å². The number of aliphatic hydroxyl groups excluding tert-OH is 1. The maximum absolute atomic E-state index is 9.65. The molecule has 1 unspecified atom stereocenters. The van der Waals surface area contributed by atoms with E-state index in [1.54, 1.807) is 33.7 Å². The highest BCUT2D eigenvalue weighted by Crippen LogP contribution is 2.42. The molecule has 0 bridgehead atoms. The Labute approximate surface area is 147 Å². The maximum Gasteiger partial charge on any atom is 0.203 e. The second-order valence-corrected chi connectivity index (χ2v) is 5.81. The lowest BCUT2D eigenvalue weighted by atomic mass is 10.1. The second-order valence-electron chi connectivity index (χ2n) is 5.81. The highest BCUT2D eigenvalue weighted by Gasteiger charge is 2.28. The molecule has 0 aliphatic carbocycles. The van der Waals surface area contributed by atoms with E-state index in [1.165, 1.54) is 0 Å². The molecular formula is C18H23N3O4. The first-order chi connectivity index (χ1) is 12.2. The van der Waals surface area contributed by atoms with Crippen LogP contribution in [0, 0.1) is 0 Å². The molecule has 1 aromatic heterocycles. The van der Waals surface area contributed by atoms with E-state index in [9.17, 15) is 5.11 Å². The van der Waals surface area contributed by atoms with Crippen molar-refractivity contribution >= 4 is 5.82 Å². The molecule has 3 rings (SSSR count). The Kier molecular flexibility index (Phi) is 5.23. The number of hydrogen-bond donors (Lipinski definition) is 1. The van der Waals surface area contributed by atoms with Gasteiger partial charge >= 0.3 is 0 Å². The molecule has 1 saturated heterocycles. The quantitative estimate of drug-likeness (QED) is 0.859. The number of rotatable bonds is 6. The lowest BCUT2D eigenvalue weighted by Crippen LogP contribution is -2.33. The van der Waals surface area contributed by atoms with E-state index in [4.69, 9.17) is 14.2 Å². The molecule has 1 aromatic carbocycles. The molecule has 1 aliphatic rings. The van der Waals surface area contributed by atoms with Crippen LogP contribution >= 0.6 is 0 Å². The van der Waals surface area contributed by atoms with Crippen molar-refractivity contribution in [3.8, 4) is 28.5 Å². The van der Waals surface area contributed by atoms with Crippen LogP contribution in [0.3, 0.4) is 0 Å². The second kappa shape index (κ2) is 7.57. The number of nitrogens with zero attached hydrogens (tertiary/aromatic N) is 3. The number of benzene rings is 1. The maximum atomic E-state index is 9.65. The van der Waals surface area contributed by atoms with Gasteiger partial charge in [0.25, 0.3) is 0 Å². The smallest absolute Gasteiger partial charge is 0.203 e. The van der Waals surface area contributed by atoms with Crippen molar-refractivity contribution in [3.05, 3.63) is 24.5 Å². The summed E-state index contributed by atoms with van der Waals surface area (Å²) in [5.41, 5.74) is 1.54. The number of aliphatic hydroxyl groups is 1. The van der Waals surface area contributed by atoms with Crippen molar-refractivity contribution < 1.29 is 19.3 Å². The molecule has 1 N–H and O–H groups in total. The zero-order valence-electron chi connectivity index (χ0n) is 14.7. The fourth-order valence-electron chi connectivity index (χ4n) is 3.27. The molecule has 2 aromatic rings. The zero-order chi connectivity index (χ0) is 17.8. The molecule has 7 heteroatoms. The number of anilines is 1. The summed E-state index contributed by atoms with van der Waals surface area (Å²) >= 11 is 0. The predicted octanol–water partition coefficient (Wildman–Crippen LogP) is 2.13. The topological polar surface area (TPSA) is 76.9 Å². The van der Waals surface area contributed by atoms with Gasteiger partial charge in [-0.25, -0.2) is 4.98 Å². The monoisotopic (exact) mass is 345 g/mol. The van der Waals surface area contributed by atoms with Crippen LogP contribution in [0.2, 0.25) is 0 Å². The highest BCUT2D eigenvalue weighted by atomic mass is 16.5. The molecule has 1 atom stereocenters. The summed E-state index contributed by atoms with van der Waals surface area (Å²) in [4.78, 5) is 11.2. The molecule has 1 fully saturated rings. The normalized spacial score (nSPS) is 16.8. The summed E-state index contributed by atoms with van der Waals surface area (Å²) in [5, 5.41) is 9.65. The fourth-order valence-corrected chi connectivity index (χ4v) is 3.27. The Bertz CT molecular complexity index is 713. The Hall–Kier alpha value is -2.54. The third kappa shape index (κ3) is 3.19. The van der Waals surface area contributed by atoms with Crippen molar-refractivity contribution in [2.45, 2.75) is 18.9 Å². The first kappa shape index (κ1) is 17.3. The molecule has 134 valence electrons. The third-order valence-corrected chi connectivity index (χ3v) is 4.48. The molecule has 0 amide bonds. The summed E-state index contributed by atoms with van der Waals surface area (Å²) in [6.07, 6.45) is 5.30. The number of hydrogen-bond acceptors (Lipinski definition) is 7. The van der Waals surface area contributed by atoms with Gasteiger partial charge in [-0.3, -0.25) is 4.98 Å². The Morgan fingerprint density at radius 1 is 1.08 bits per heavy atom. The van der Waals surface area contributed by atoms with Crippen LogP contribution in [-0.2, 0) is 0 Å². The van der Waals surface area contributed by atoms with E-state index >= 15 is 0 Å². The van der Waals surface area contributed by atoms with Gasteiger partial charge < -0.3 is 24.2 Å². The van der Waals surface area contributed by atoms with Gasteiger partial charge in [0.05, 0.1) is 34.0 Å². The van der Waals surface area contributed by atoms with Crippen molar-refractivity contribution in [1.29, 1.82) is 0 Å².